The van der Waals surface area contributed by atoms with Crippen LogP contribution in [-0.4, -0.2) is 98.7 Å². The molecule has 1 rings (SSSR count). The lowest BCUT2D eigenvalue weighted by Gasteiger charge is -2.40. The van der Waals surface area contributed by atoms with Gasteiger partial charge in [-0.1, -0.05) is 205 Å². The molecule has 0 aromatic carbocycles. The number of hydrogen-bond donors (Lipinski definition) is 7. The quantitative estimate of drug-likeness (QED) is 0.0235. The molecule has 7 N–H and O–H groups in total. The summed E-state index contributed by atoms with van der Waals surface area (Å²) < 4.78 is 11.1. The van der Waals surface area contributed by atoms with Gasteiger partial charge < -0.3 is 45.4 Å². The van der Waals surface area contributed by atoms with Crippen molar-refractivity contribution < 1.29 is 44.9 Å². The second-order valence-corrected chi connectivity index (χ2v) is 17.0. The molecule has 0 radical (unpaired) electrons. The summed E-state index contributed by atoms with van der Waals surface area (Å²) in [7, 11) is 0. The average molecular weight is 826 g/mol. The Morgan fingerprint density at radius 2 is 1.02 bits per heavy atom. The number of hydrogen-bond acceptors (Lipinski definition) is 9. The first kappa shape index (κ1) is 54.6. The van der Waals surface area contributed by atoms with Crippen LogP contribution in [0.3, 0.4) is 0 Å². The van der Waals surface area contributed by atoms with Gasteiger partial charge >= 0.3 is 0 Å². The van der Waals surface area contributed by atoms with Gasteiger partial charge in [0.15, 0.2) is 6.29 Å². The molecule has 1 saturated heterocycles. The SMILES string of the molecule is CCCCCCCCCCC/C=C/CC/C=C/C(O)C(COC1OC(CO)C(O)C(O)C1O)NC(=O)C(O)CCCCCCCCCCCCCCCCCCCC. The van der Waals surface area contributed by atoms with Gasteiger partial charge in [-0.15, -0.1) is 0 Å². The van der Waals surface area contributed by atoms with E-state index in [1.807, 2.05) is 6.08 Å². The molecule has 0 saturated carbocycles. The first-order valence-electron chi connectivity index (χ1n) is 24.2. The van der Waals surface area contributed by atoms with E-state index in [2.05, 4.69) is 31.3 Å². The van der Waals surface area contributed by atoms with E-state index in [0.29, 0.717) is 19.3 Å². The lowest BCUT2D eigenvalue weighted by molar-refractivity contribution is -0.302. The standard InChI is InChI=1S/C48H91NO9/c1-3-5-7-9-11-13-15-17-19-20-21-23-25-27-29-31-33-35-37-42(52)47(56)49-40(39-57-48-46(55)45(54)44(53)43(38-50)58-48)41(51)36-34-32-30-28-26-24-22-18-16-14-12-10-8-6-4-2/h26,28,34,36,40-46,48,50-55H,3-25,27,29-33,35,37-39H2,1-2H3,(H,49,56)/b28-26+,36-34+. The van der Waals surface area contributed by atoms with Crippen LogP contribution < -0.4 is 5.32 Å². The van der Waals surface area contributed by atoms with Crippen LogP contribution in [0.4, 0.5) is 0 Å². The van der Waals surface area contributed by atoms with Crippen molar-refractivity contribution in [2.45, 2.75) is 262 Å². The van der Waals surface area contributed by atoms with Gasteiger partial charge in [0.2, 0.25) is 5.91 Å². The van der Waals surface area contributed by atoms with E-state index < -0.39 is 61.5 Å². The molecule has 1 amide bonds. The second kappa shape index (κ2) is 38.5. The third-order valence-electron chi connectivity index (χ3n) is 11.6. The molecule has 0 aromatic heterocycles. The summed E-state index contributed by atoms with van der Waals surface area (Å²) in [6.07, 6.45) is 35.5. The maximum absolute atomic E-state index is 13.0. The molecule has 0 bridgehead atoms. The van der Waals surface area contributed by atoms with Crippen molar-refractivity contribution in [3.05, 3.63) is 24.3 Å². The number of aliphatic hydroxyl groups excluding tert-OH is 6. The molecule has 1 aliphatic rings. The van der Waals surface area contributed by atoms with Crippen LogP contribution in [0.25, 0.3) is 0 Å². The fourth-order valence-corrected chi connectivity index (χ4v) is 7.65. The number of amides is 1. The van der Waals surface area contributed by atoms with E-state index in [1.54, 1.807) is 6.08 Å². The third-order valence-corrected chi connectivity index (χ3v) is 11.6. The summed E-state index contributed by atoms with van der Waals surface area (Å²) >= 11 is 0. The molecule has 342 valence electrons. The van der Waals surface area contributed by atoms with Crippen molar-refractivity contribution in [3.63, 3.8) is 0 Å². The number of ether oxygens (including phenoxy) is 2. The fourth-order valence-electron chi connectivity index (χ4n) is 7.65. The Morgan fingerprint density at radius 3 is 1.50 bits per heavy atom. The van der Waals surface area contributed by atoms with Crippen LogP contribution in [-0.2, 0) is 14.3 Å². The largest absolute Gasteiger partial charge is 0.394 e. The predicted octanol–water partition coefficient (Wildman–Crippen LogP) is 9.25. The van der Waals surface area contributed by atoms with Crippen molar-refractivity contribution in [3.8, 4) is 0 Å². The molecule has 0 spiro atoms. The zero-order chi connectivity index (χ0) is 42.5. The minimum absolute atomic E-state index is 0.308. The number of nitrogens with one attached hydrogen (secondary N) is 1. The zero-order valence-corrected chi connectivity index (χ0v) is 37.2. The summed E-state index contributed by atoms with van der Waals surface area (Å²) in [5.74, 6) is -0.624. The first-order valence-corrected chi connectivity index (χ1v) is 24.2. The molecule has 10 heteroatoms. The van der Waals surface area contributed by atoms with E-state index in [-0.39, 0.29) is 6.61 Å². The highest BCUT2D eigenvalue weighted by atomic mass is 16.7. The molecule has 1 heterocycles. The number of allylic oxidation sites excluding steroid dienone is 3. The summed E-state index contributed by atoms with van der Waals surface area (Å²) in [5, 5.41) is 64.7. The van der Waals surface area contributed by atoms with E-state index in [4.69, 9.17) is 9.47 Å². The zero-order valence-electron chi connectivity index (χ0n) is 37.2. The molecule has 58 heavy (non-hydrogen) atoms. The summed E-state index contributed by atoms with van der Waals surface area (Å²) in [6, 6.07) is -0.992. The van der Waals surface area contributed by atoms with Crippen LogP contribution in [0, 0.1) is 0 Å². The Bertz CT molecular complexity index is 979. The topological polar surface area (TPSA) is 169 Å². The summed E-state index contributed by atoms with van der Waals surface area (Å²) in [6.45, 7) is 3.60. The van der Waals surface area contributed by atoms with Crippen molar-refractivity contribution in [1.82, 2.24) is 5.32 Å². The minimum Gasteiger partial charge on any atom is -0.394 e. The molecule has 1 aliphatic heterocycles. The van der Waals surface area contributed by atoms with Crippen LogP contribution in [0.2, 0.25) is 0 Å². The maximum atomic E-state index is 13.0. The molecule has 8 atom stereocenters. The summed E-state index contributed by atoms with van der Waals surface area (Å²) in [4.78, 5) is 13.0. The Hall–Kier alpha value is -1.37. The second-order valence-electron chi connectivity index (χ2n) is 17.0. The van der Waals surface area contributed by atoms with Gasteiger partial charge in [0, 0.05) is 0 Å². The van der Waals surface area contributed by atoms with Crippen LogP contribution in [0.15, 0.2) is 24.3 Å². The van der Waals surface area contributed by atoms with Gasteiger partial charge in [-0.2, -0.15) is 0 Å². The number of carbonyl (C=O) groups is 1. The third kappa shape index (κ3) is 28.2. The monoisotopic (exact) mass is 826 g/mol. The number of carbonyl (C=O) groups excluding carboxylic acids is 1. The fraction of sp³-hybridized carbons (Fsp3) is 0.896. The molecule has 0 aromatic rings. The Kier molecular flexibility index (Phi) is 36.3. The normalized spacial score (nSPS) is 21.6. The molecule has 8 unspecified atom stereocenters. The Balaban J connectivity index is 2.40. The van der Waals surface area contributed by atoms with Crippen molar-refractivity contribution in [2.24, 2.45) is 0 Å². The minimum atomic E-state index is -1.61. The highest BCUT2D eigenvalue weighted by molar-refractivity contribution is 5.80. The Morgan fingerprint density at radius 1 is 0.586 bits per heavy atom. The molecular weight excluding hydrogens is 735 g/mol. The van der Waals surface area contributed by atoms with E-state index in [1.165, 1.54) is 148 Å². The van der Waals surface area contributed by atoms with E-state index in [0.717, 1.165) is 32.1 Å². The van der Waals surface area contributed by atoms with E-state index >= 15 is 0 Å². The molecule has 1 fully saturated rings. The molecule has 0 aliphatic carbocycles. The van der Waals surface area contributed by atoms with Crippen molar-refractivity contribution in [2.75, 3.05) is 13.2 Å². The van der Waals surface area contributed by atoms with Crippen molar-refractivity contribution in [1.29, 1.82) is 0 Å². The van der Waals surface area contributed by atoms with Crippen LogP contribution in [0.1, 0.15) is 213 Å². The number of aliphatic hydroxyl groups is 6. The van der Waals surface area contributed by atoms with Crippen molar-refractivity contribution >= 4 is 5.91 Å². The van der Waals surface area contributed by atoms with Gasteiger partial charge in [-0.25, -0.2) is 0 Å². The van der Waals surface area contributed by atoms with Gasteiger partial charge in [-0.3, -0.25) is 4.79 Å². The smallest absolute Gasteiger partial charge is 0.249 e. The molecular formula is C48H91NO9. The number of rotatable bonds is 40. The number of unbranched alkanes of at least 4 members (excludes halogenated alkanes) is 27. The highest BCUT2D eigenvalue weighted by Crippen LogP contribution is 2.23. The van der Waals surface area contributed by atoms with Crippen LogP contribution in [0.5, 0.6) is 0 Å². The molecule has 10 nitrogen and oxygen atoms in total. The van der Waals surface area contributed by atoms with Gasteiger partial charge in [0.05, 0.1) is 25.4 Å². The van der Waals surface area contributed by atoms with Gasteiger partial charge in [0.1, 0.15) is 30.5 Å². The highest BCUT2D eigenvalue weighted by Gasteiger charge is 2.44. The van der Waals surface area contributed by atoms with Gasteiger partial charge in [-0.05, 0) is 32.1 Å². The predicted molar refractivity (Wildman–Crippen MR) is 236 cm³/mol. The summed E-state index contributed by atoms with van der Waals surface area (Å²) in [5.41, 5.74) is 0. The Labute approximate surface area is 354 Å². The average Bonchev–Trinajstić information content (AvgIpc) is 3.22. The maximum Gasteiger partial charge on any atom is 0.249 e. The lowest BCUT2D eigenvalue weighted by Crippen LogP contribution is -2.60. The van der Waals surface area contributed by atoms with Crippen LogP contribution >= 0.6 is 0 Å². The van der Waals surface area contributed by atoms with Gasteiger partial charge in [0.25, 0.3) is 0 Å². The first-order chi connectivity index (χ1) is 28.3. The van der Waals surface area contributed by atoms with E-state index in [9.17, 15) is 35.4 Å². The lowest BCUT2D eigenvalue weighted by atomic mass is 9.99.